The van der Waals surface area contributed by atoms with Gasteiger partial charge in [0.05, 0.1) is 0 Å². The molecule has 1 aliphatic carbocycles. The monoisotopic (exact) mass is 280 g/mol. The van der Waals surface area contributed by atoms with E-state index in [9.17, 15) is 9.59 Å². The van der Waals surface area contributed by atoms with Crippen LogP contribution in [0.5, 0.6) is 0 Å². The zero-order chi connectivity index (χ0) is 13.9. The van der Waals surface area contributed by atoms with Crippen molar-refractivity contribution in [3.05, 3.63) is 29.6 Å². The second-order valence-electron chi connectivity index (χ2n) is 4.64. The van der Waals surface area contributed by atoms with Gasteiger partial charge in [0, 0.05) is 11.3 Å². The second kappa shape index (κ2) is 5.61. The van der Waals surface area contributed by atoms with Crippen LogP contribution in [0.25, 0.3) is 0 Å². The van der Waals surface area contributed by atoms with Crippen molar-refractivity contribution in [1.29, 1.82) is 0 Å². The van der Waals surface area contributed by atoms with E-state index in [0.29, 0.717) is 6.54 Å². The lowest BCUT2D eigenvalue weighted by Crippen LogP contribution is -2.45. The van der Waals surface area contributed by atoms with Gasteiger partial charge < -0.3 is 10.4 Å². The number of carboxylic acids is 1. The van der Waals surface area contributed by atoms with Gasteiger partial charge in [-0.1, -0.05) is 12.5 Å². The number of aromatic nitrogens is 1. The van der Waals surface area contributed by atoms with E-state index < -0.39 is 5.97 Å². The minimum atomic E-state index is -1.13. The summed E-state index contributed by atoms with van der Waals surface area (Å²) in [5, 5.41) is 11.7. The summed E-state index contributed by atoms with van der Waals surface area (Å²) in [4.78, 5) is 26.6. The van der Waals surface area contributed by atoms with E-state index in [2.05, 4.69) is 16.6 Å². The molecule has 0 saturated heterocycles. The Morgan fingerprint density at radius 3 is 2.63 bits per heavy atom. The number of pyridine rings is 1. The lowest BCUT2D eigenvalue weighted by Gasteiger charge is -2.40. The molecule has 2 N–H and O–H groups in total. The van der Waals surface area contributed by atoms with Gasteiger partial charge in [-0.15, -0.1) is 0 Å². The summed E-state index contributed by atoms with van der Waals surface area (Å²) in [6, 6.07) is 4.42. The Kier molecular flexibility index (Phi) is 4.09. The second-order valence-corrected chi connectivity index (χ2v) is 5.91. The van der Waals surface area contributed by atoms with Crippen molar-refractivity contribution >= 4 is 23.6 Å². The summed E-state index contributed by atoms with van der Waals surface area (Å²) < 4.78 is 0.153. The molecule has 1 aliphatic rings. The molecule has 0 atom stereocenters. The predicted molar refractivity (Wildman–Crippen MR) is 73.6 cm³/mol. The summed E-state index contributed by atoms with van der Waals surface area (Å²) in [5.74, 6) is -1.45. The molecular weight excluding hydrogens is 264 g/mol. The molecule has 0 radical (unpaired) electrons. The van der Waals surface area contributed by atoms with Crippen LogP contribution in [0.2, 0.25) is 0 Å². The largest absolute Gasteiger partial charge is 0.477 e. The molecule has 1 heterocycles. The maximum absolute atomic E-state index is 11.9. The highest BCUT2D eigenvalue weighted by molar-refractivity contribution is 8.00. The fourth-order valence-electron chi connectivity index (χ4n) is 2.04. The Bertz CT molecular complexity index is 495. The number of hydrogen-bond donors (Lipinski definition) is 2. The molecule has 5 nitrogen and oxygen atoms in total. The molecular formula is C13H16N2O3S. The van der Waals surface area contributed by atoms with Crippen LogP contribution in [0.15, 0.2) is 18.2 Å². The first-order valence-electron chi connectivity index (χ1n) is 6.10. The Labute approximate surface area is 115 Å². The number of carbonyl (C=O) groups is 2. The van der Waals surface area contributed by atoms with Crippen molar-refractivity contribution in [2.24, 2.45) is 0 Å². The van der Waals surface area contributed by atoms with Crippen molar-refractivity contribution in [1.82, 2.24) is 10.3 Å². The molecule has 0 spiro atoms. The molecule has 6 heteroatoms. The average molecular weight is 280 g/mol. The number of carbonyl (C=O) groups excluding carboxylic acids is 1. The van der Waals surface area contributed by atoms with Gasteiger partial charge in [-0.2, -0.15) is 11.8 Å². The third-order valence-corrected chi connectivity index (χ3v) is 4.89. The zero-order valence-corrected chi connectivity index (χ0v) is 11.5. The van der Waals surface area contributed by atoms with Crippen molar-refractivity contribution in [2.45, 2.75) is 24.0 Å². The summed E-state index contributed by atoms with van der Waals surface area (Å²) >= 11 is 1.78. The minimum absolute atomic E-state index is 0.115. The molecule has 2 rings (SSSR count). The lowest BCUT2D eigenvalue weighted by atomic mass is 9.84. The summed E-state index contributed by atoms with van der Waals surface area (Å²) in [7, 11) is 0. The minimum Gasteiger partial charge on any atom is -0.477 e. The van der Waals surface area contributed by atoms with Crippen LogP contribution in [0, 0.1) is 0 Å². The zero-order valence-electron chi connectivity index (χ0n) is 10.7. The highest BCUT2D eigenvalue weighted by Gasteiger charge is 2.36. The predicted octanol–water partition coefficient (Wildman–Crippen LogP) is 1.80. The van der Waals surface area contributed by atoms with Crippen LogP contribution < -0.4 is 5.32 Å². The number of carboxylic acid groups (broad SMARTS) is 1. The van der Waals surface area contributed by atoms with Crippen molar-refractivity contribution in [2.75, 3.05) is 12.8 Å². The van der Waals surface area contributed by atoms with Crippen molar-refractivity contribution < 1.29 is 14.7 Å². The highest BCUT2D eigenvalue weighted by atomic mass is 32.2. The molecule has 1 fully saturated rings. The number of nitrogens with one attached hydrogen (secondary N) is 1. The molecule has 1 aromatic rings. The van der Waals surface area contributed by atoms with Crippen molar-refractivity contribution in [3.8, 4) is 0 Å². The molecule has 0 aromatic carbocycles. The van der Waals surface area contributed by atoms with Gasteiger partial charge in [0.1, 0.15) is 11.4 Å². The van der Waals surface area contributed by atoms with Gasteiger partial charge >= 0.3 is 5.97 Å². The van der Waals surface area contributed by atoms with E-state index in [-0.39, 0.29) is 22.0 Å². The topological polar surface area (TPSA) is 79.3 Å². The Morgan fingerprint density at radius 1 is 1.42 bits per heavy atom. The average Bonchev–Trinajstić information content (AvgIpc) is 2.38. The first kappa shape index (κ1) is 13.9. The number of nitrogens with zero attached hydrogens (tertiary/aromatic N) is 1. The number of amides is 1. The van der Waals surface area contributed by atoms with E-state index in [1.807, 2.05) is 0 Å². The summed E-state index contributed by atoms with van der Waals surface area (Å²) in [5.41, 5.74) is 0.0337. The normalized spacial score (nSPS) is 16.5. The smallest absolute Gasteiger partial charge is 0.354 e. The van der Waals surface area contributed by atoms with Gasteiger partial charge in [0.25, 0.3) is 5.91 Å². The van der Waals surface area contributed by atoms with Gasteiger partial charge in [-0.05, 0) is 31.2 Å². The number of aromatic carboxylic acids is 1. The van der Waals surface area contributed by atoms with Crippen LogP contribution in [0.3, 0.4) is 0 Å². The fourth-order valence-corrected chi connectivity index (χ4v) is 2.95. The molecule has 0 unspecified atom stereocenters. The number of rotatable bonds is 5. The lowest BCUT2D eigenvalue weighted by molar-refractivity contribution is 0.0690. The highest BCUT2D eigenvalue weighted by Crippen LogP contribution is 2.42. The summed E-state index contributed by atoms with van der Waals surface area (Å²) in [6.07, 6.45) is 5.46. The van der Waals surface area contributed by atoms with Crippen molar-refractivity contribution in [3.63, 3.8) is 0 Å². The maximum atomic E-state index is 11.9. The molecule has 0 aliphatic heterocycles. The Morgan fingerprint density at radius 2 is 2.11 bits per heavy atom. The first-order valence-corrected chi connectivity index (χ1v) is 7.32. The SMILES string of the molecule is CSC1(CNC(=O)c2cccc(C(=O)O)n2)CCC1. The van der Waals surface area contributed by atoms with E-state index in [4.69, 9.17) is 5.11 Å². The van der Waals surface area contributed by atoms with Crippen LogP contribution >= 0.6 is 11.8 Å². The van der Waals surface area contributed by atoms with Gasteiger partial charge in [-0.25, -0.2) is 9.78 Å². The Hall–Kier alpha value is -1.56. The standard InChI is InChI=1S/C13H16N2O3S/c1-19-13(6-3-7-13)8-14-11(16)9-4-2-5-10(15-9)12(17)18/h2,4-5H,3,6-8H2,1H3,(H,14,16)(H,17,18). The maximum Gasteiger partial charge on any atom is 0.354 e. The Balaban J connectivity index is 2.00. The first-order chi connectivity index (χ1) is 9.06. The molecule has 0 bridgehead atoms. The van der Waals surface area contributed by atoms with E-state index in [0.717, 1.165) is 12.8 Å². The van der Waals surface area contributed by atoms with Crippen LogP contribution in [0.1, 0.15) is 40.2 Å². The fraction of sp³-hybridized carbons (Fsp3) is 0.462. The van der Waals surface area contributed by atoms with E-state index >= 15 is 0 Å². The molecule has 1 amide bonds. The quantitative estimate of drug-likeness (QED) is 0.859. The molecule has 19 heavy (non-hydrogen) atoms. The van der Waals surface area contributed by atoms with Crippen LogP contribution in [-0.4, -0.2) is 39.5 Å². The third kappa shape index (κ3) is 3.07. The molecule has 1 saturated carbocycles. The van der Waals surface area contributed by atoms with E-state index in [1.165, 1.54) is 24.6 Å². The summed E-state index contributed by atoms with van der Waals surface area (Å²) in [6.45, 7) is 0.603. The third-order valence-electron chi connectivity index (χ3n) is 3.47. The van der Waals surface area contributed by atoms with E-state index in [1.54, 1.807) is 11.8 Å². The molecule has 102 valence electrons. The van der Waals surface area contributed by atoms with Gasteiger partial charge in [-0.3, -0.25) is 4.79 Å². The van der Waals surface area contributed by atoms with Gasteiger partial charge in [0.15, 0.2) is 0 Å². The van der Waals surface area contributed by atoms with Crippen LogP contribution in [0.4, 0.5) is 0 Å². The van der Waals surface area contributed by atoms with Crippen LogP contribution in [-0.2, 0) is 0 Å². The number of hydrogen-bond acceptors (Lipinski definition) is 4. The number of thioether (sulfide) groups is 1. The van der Waals surface area contributed by atoms with Gasteiger partial charge in [0.2, 0.25) is 0 Å². The molecule has 1 aromatic heterocycles.